The molecule has 2 aliphatic rings. The van der Waals surface area contributed by atoms with Crippen LogP contribution in [0.5, 0.6) is 5.75 Å². The number of nitrogens with one attached hydrogen (secondary N) is 1. The summed E-state index contributed by atoms with van der Waals surface area (Å²) in [5.41, 5.74) is 1.14. The van der Waals surface area contributed by atoms with E-state index in [9.17, 15) is 13.2 Å². The van der Waals surface area contributed by atoms with Crippen molar-refractivity contribution in [2.45, 2.75) is 11.3 Å². The van der Waals surface area contributed by atoms with Crippen molar-refractivity contribution < 1.29 is 27.4 Å². The maximum atomic E-state index is 13.1. The number of sulfonamides is 1. The fourth-order valence-electron chi connectivity index (χ4n) is 3.79. The van der Waals surface area contributed by atoms with E-state index >= 15 is 0 Å². The first-order chi connectivity index (χ1) is 16.0. The molecule has 4 rings (SSSR count). The van der Waals surface area contributed by atoms with Gasteiger partial charge in [-0.3, -0.25) is 4.79 Å². The largest absolute Gasteiger partial charge is 0.495 e. The maximum absolute atomic E-state index is 13.1. The van der Waals surface area contributed by atoms with Crippen LogP contribution in [0, 0.1) is 0 Å². The van der Waals surface area contributed by atoms with E-state index in [0.717, 1.165) is 18.9 Å². The standard InChI is InChI=1S/C22H28N4O6S/c1-30-19-4-2-17(14-20(19)33(28,29)26-8-12-32-13-9-26)15-22(27)24-18-3-5-21(23-16-18)25-6-10-31-11-7-25/h2-5,14,16H,6-13,15H2,1H3,(H,24,27). The van der Waals surface area contributed by atoms with Gasteiger partial charge in [-0.2, -0.15) is 4.31 Å². The SMILES string of the molecule is COc1ccc(CC(=O)Nc2ccc(N3CCOCC3)nc2)cc1S(=O)(=O)N1CCOCC1. The van der Waals surface area contributed by atoms with Gasteiger partial charge in [-0.15, -0.1) is 0 Å². The maximum Gasteiger partial charge on any atom is 0.246 e. The van der Waals surface area contributed by atoms with Gasteiger partial charge in [-0.1, -0.05) is 6.07 Å². The van der Waals surface area contributed by atoms with Crippen LogP contribution in [0.4, 0.5) is 11.5 Å². The summed E-state index contributed by atoms with van der Waals surface area (Å²) in [6.07, 6.45) is 1.63. The average Bonchev–Trinajstić information content (AvgIpc) is 2.85. The van der Waals surface area contributed by atoms with E-state index in [1.54, 1.807) is 24.4 Å². The summed E-state index contributed by atoms with van der Waals surface area (Å²) in [5.74, 6) is 0.814. The predicted molar refractivity (Wildman–Crippen MR) is 122 cm³/mol. The average molecular weight is 477 g/mol. The van der Waals surface area contributed by atoms with Gasteiger partial charge in [-0.05, 0) is 29.8 Å². The highest BCUT2D eigenvalue weighted by atomic mass is 32.2. The van der Waals surface area contributed by atoms with Gasteiger partial charge in [0, 0.05) is 26.2 Å². The lowest BCUT2D eigenvalue weighted by Crippen LogP contribution is -2.40. The summed E-state index contributed by atoms with van der Waals surface area (Å²) in [6.45, 7) is 4.17. The fraction of sp³-hybridized carbons (Fsp3) is 0.455. The molecule has 0 radical (unpaired) electrons. The Hall–Kier alpha value is -2.73. The van der Waals surface area contributed by atoms with Crippen molar-refractivity contribution in [1.29, 1.82) is 0 Å². The Morgan fingerprint density at radius 3 is 2.39 bits per heavy atom. The molecule has 2 saturated heterocycles. The number of anilines is 2. The lowest BCUT2D eigenvalue weighted by atomic mass is 10.1. The van der Waals surface area contributed by atoms with Gasteiger partial charge in [0.2, 0.25) is 15.9 Å². The molecule has 1 amide bonds. The number of amides is 1. The molecule has 0 atom stereocenters. The van der Waals surface area contributed by atoms with Crippen LogP contribution in [-0.2, 0) is 30.7 Å². The number of pyridine rings is 1. The molecule has 10 nitrogen and oxygen atoms in total. The van der Waals surface area contributed by atoms with Crippen LogP contribution >= 0.6 is 0 Å². The van der Waals surface area contributed by atoms with Gasteiger partial charge in [0.15, 0.2) is 0 Å². The minimum absolute atomic E-state index is 0.0147. The highest BCUT2D eigenvalue weighted by molar-refractivity contribution is 7.89. The number of ether oxygens (including phenoxy) is 3. The zero-order chi connectivity index (χ0) is 23.3. The first kappa shape index (κ1) is 23.4. The van der Waals surface area contributed by atoms with Crippen molar-refractivity contribution in [3.05, 3.63) is 42.1 Å². The van der Waals surface area contributed by atoms with E-state index in [1.165, 1.54) is 17.5 Å². The monoisotopic (exact) mass is 476 g/mol. The number of morpholine rings is 2. The van der Waals surface area contributed by atoms with Gasteiger partial charge in [0.25, 0.3) is 0 Å². The van der Waals surface area contributed by atoms with Crippen molar-refractivity contribution >= 4 is 27.4 Å². The van der Waals surface area contributed by atoms with Crippen LogP contribution in [-0.4, -0.2) is 83.3 Å². The Labute approximate surface area is 193 Å². The number of rotatable bonds is 7. The van der Waals surface area contributed by atoms with Crippen molar-refractivity contribution in [2.24, 2.45) is 0 Å². The molecule has 1 N–H and O–H groups in total. The smallest absolute Gasteiger partial charge is 0.246 e. The van der Waals surface area contributed by atoms with Crippen LogP contribution in [0.2, 0.25) is 0 Å². The minimum Gasteiger partial charge on any atom is -0.495 e. The van der Waals surface area contributed by atoms with Gasteiger partial charge in [-0.25, -0.2) is 13.4 Å². The van der Waals surface area contributed by atoms with Gasteiger partial charge in [0.05, 0.1) is 51.8 Å². The summed E-state index contributed by atoms with van der Waals surface area (Å²) in [7, 11) is -2.34. The Kier molecular flexibility index (Phi) is 7.43. The van der Waals surface area contributed by atoms with Crippen LogP contribution in [0.3, 0.4) is 0 Å². The third-order valence-corrected chi connectivity index (χ3v) is 7.47. The van der Waals surface area contributed by atoms with Crippen molar-refractivity contribution in [3.63, 3.8) is 0 Å². The van der Waals surface area contributed by atoms with E-state index in [4.69, 9.17) is 14.2 Å². The number of nitrogens with zero attached hydrogens (tertiary/aromatic N) is 3. The van der Waals surface area contributed by atoms with Crippen LogP contribution in [0.15, 0.2) is 41.4 Å². The molecule has 1 aromatic heterocycles. The summed E-state index contributed by atoms with van der Waals surface area (Å²) in [4.78, 5) is 19.2. The summed E-state index contributed by atoms with van der Waals surface area (Å²) in [6, 6.07) is 8.44. The molecule has 2 fully saturated rings. The number of carbonyl (C=O) groups excluding carboxylic acids is 1. The molecule has 0 spiro atoms. The van der Waals surface area contributed by atoms with Crippen LogP contribution in [0.25, 0.3) is 0 Å². The molecule has 11 heteroatoms. The van der Waals surface area contributed by atoms with E-state index < -0.39 is 10.0 Å². The predicted octanol–water partition coefficient (Wildman–Crippen LogP) is 1.13. The van der Waals surface area contributed by atoms with Crippen molar-refractivity contribution in [3.8, 4) is 5.75 Å². The molecule has 0 bridgehead atoms. The fourth-order valence-corrected chi connectivity index (χ4v) is 5.40. The van der Waals surface area contributed by atoms with Gasteiger partial charge >= 0.3 is 0 Å². The summed E-state index contributed by atoms with van der Waals surface area (Å²) in [5, 5.41) is 2.82. The molecule has 3 heterocycles. The Balaban J connectivity index is 1.44. The molecule has 0 saturated carbocycles. The van der Waals surface area contributed by atoms with E-state index in [0.29, 0.717) is 37.7 Å². The number of carbonyl (C=O) groups is 1. The highest BCUT2D eigenvalue weighted by Gasteiger charge is 2.29. The molecular weight excluding hydrogens is 448 g/mol. The zero-order valence-electron chi connectivity index (χ0n) is 18.5. The topological polar surface area (TPSA) is 110 Å². The Bertz CT molecular complexity index is 1060. The molecule has 178 valence electrons. The molecule has 2 aromatic rings. The van der Waals surface area contributed by atoms with E-state index in [2.05, 4.69) is 15.2 Å². The summed E-state index contributed by atoms with van der Waals surface area (Å²) < 4.78 is 43.5. The quantitative estimate of drug-likeness (QED) is 0.633. The number of hydrogen-bond donors (Lipinski definition) is 1. The van der Waals surface area contributed by atoms with Crippen molar-refractivity contribution in [2.75, 3.05) is 69.9 Å². The highest BCUT2D eigenvalue weighted by Crippen LogP contribution is 2.28. The van der Waals surface area contributed by atoms with Crippen molar-refractivity contribution in [1.82, 2.24) is 9.29 Å². The van der Waals surface area contributed by atoms with Crippen LogP contribution in [0.1, 0.15) is 5.56 Å². The Morgan fingerprint density at radius 1 is 1.06 bits per heavy atom. The summed E-state index contributed by atoms with van der Waals surface area (Å²) >= 11 is 0. The number of benzene rings is 1. The third kappa shape index (κ3) is 5.61. The lowest BCUT2D eigenvalue weighted by Gasteiger charge is -2.27. The first-order valence-electron chi connectivity index (χ1n) is 10.8. The number of aromatic nitrogens is 1. The van der Waals surface area contributed by atoms with E-state index in [-0.39, 0.29) is 36.1 Å². The zero-order valence-corrected chi connectivity index (χ0v) is 19.3. The minimum atomic E-state index is -3.76. The number of methoxy groups -OCH3 is 1. The molecule has 0 unspecified atom stereocenters. The normalized spacial score (nSPS) is 17.5. The molecule has 1 aromatic carbocycles. The second kappa shape index (κ2) is 10.5. The molecule has 2 aliphatic heterocycles. The van der Waals surface area contributed by atoms with Gasteiger partial charge in [0.1, 0.15) is 16.5 Å². The molecule has 0 aliphatic carbocycles. The first-order valence-corrected chi connectivity index (χ1v) is 12.2. The Morgan fingerprint density at radius 2 is 1.76 bits per heavy atom. The molecular formula is C22H28N4O6S. The van der Waals surface area contributed by atoms with E-state index in [1.807, 2.05) is 6.07 Å². The second-order valence-electron chi connectivity index (χ2n) is 7.73. The third-order valence-electron chi connectivity index (χ3n) is 5.55. The number of hydrogen-bond acceptors (Lipinski definition) is 8. The lowest BCUT2D eigenvalue weighted by molar-refractivity contribution is -0.115. The van der Waals surface area contributed by atoms with Gasteiger partial charge < -0.3 is 24.4 Å². The molecule has 33 heavy (non-hydrogen) atoms. The second-order valence-corrected chi connectivity index (χ2v) is 9.64. The van der Waals surface area contributed by atoms with Crippen LogP contribution < -0.4 is 15.0 Å².